The van der Waals surface area contributed by atoms with Crippen LogP contribution in [0.4, 0.5) is 29.3 Å². The zero-order valence-corrected chi connectivity index (χ0v) is 30.5. The molecule has 1 saturated carbocycles. The molecular weight excluding hydrogens is 735 g/mol. The molecule has 0 radical (unpaired) electrons. The number of allylic oxidation sites excluding steroid dienone is 1. The SMILES string of the molecule is CC(C)(C)OC(=O)NC[C@H]1CC[C@H](C(=O)N(C(=O)[C@@H](N)Cc2ccc(N3C=C(Cl)C=NC3)cc2)c2ccc(-c3nn[nH]n3)cc2)CC1.O=C(O)C(F)(F)F. The number of hydrogen-bond acceptors (Lipinski definition) is 11. The third kappa shape index (κ3) is 12.1. The third-order valence-corrected chi connectivity index (χ3v) is 8.51. The van der Waals surface area contributed by atoms with Crippen LogP contribution < -0.4 is 20.9 Å². The topological polar surface area (TPSA) is 209 Å². The molecule has 2 aliphatic rings. The van der Waals surface area contributed by atoms with E-state index in [0.717, 1.165) is 24.1 Å². The van der Waals surface area contributed by atoms with Gasteiger partial charge in [0.1, 0.15) is 12.3 Å². The number of anilines is 2. The van der Waals surface area contributed by atoms with Crippen LogP contribution in [-0.4, -0.2) is 86.9 Å². The summed E-state index contributed by atoms with van der Waals surface area (Å²) in [6.07, 6.45) is 0.734. The van der Waals surface area contributed by atoms with Crippen molar-refractivity contribution in [2.24, 2.45) is 22.6 Å². The van der Waals surface area contributed by atoms with E-state index in [1.165, 1.54) is 4.90 Å². The predicted octanol–water partition coefficient (Wildman–Crippen LogP) is 5.19. The van der Waals surface area contributed by atoms with Crippen LogP contribution in [-0.2, 0) is 25.5 Å². The Labute approximate surface area is 313 Å². The number of carbonyl (C=O) groups is 4. The van der Waals surface area contributed by atoms with Crippen LogP contribution >= 0.6 is 11.6 Å². The highest BCUT2D eigenvalue weighted by molar-refractivity contribution is 6.39. The summed E-state index contributed by atoms with van der Waals surface area (Å²) in [5, 5.41) is 24.5. The monoisotopic (exact) mass is 775 g/mol. The first-order valence-electron chi connectivity index (χ1n) is 16.9. The number of carbonyl (C=O) groups excluding carboxylic acids is 3. The fourth-order valence-corrected chi connectivity index (χ4v) is 5.86. The Kier molecular flexibility index (Phi) is 13.9. The number of hydrogen-bond donors (Lipinski definition) is 4. The van der Waals surface area contributed by atoms with E-state index in [0.29, 0.717) is 48.2 Å². The van der Waals surface area contributed by atoms with Gasteiger partial charge in [0.2, 0.25) is 11.7 Å². The highest BCUT2D eigenvalue weighted by Crippen LogP contribution is 2.32. The second-order valence-corrected chi connectivity index (χ2v) is 14.0. The quantitative estimate of drug-likeness (QED) is 0.222. The molecule has 1 aromatic heterocycles. The molecule has 0 unspecified atom stereocenters. The van der Waals surface area contributed by atoms with Crippen molar-refractivity contribution in [2.45, 2.75) is 70.7 Å². The van der Waals surface area contributed by atoms with Gasteiger partial charge in [-0.25, -0.2) is 14.5 Å². The summed E-state index contributed by atoms with van der Waals surface area (Å²) in [5.74, 6) is -3.30. The number of amides is 3. The van der Waals surface area contributed by atoms with Crippen LogP contribution in [0.3, 0.4) is 0 Å². The Hall–Kier alpha value is -5.36. The van der Waals surface area contributed by atoms with Crippen molar-refractivity contribution in [3.8, 4) is 11.4 Å². The van der Waals surface area contributed by atoms with Crippen molar-refractivity contribution in [1.29, 1.82) is 0 Å². The summed E-state index contributed by atoms with van der Waals surface area (Å²) in [7, 11) is 0. The van der Waals surface area contributed by atoms with Crippen molar-refractivity contribution in [1.82, 2.24) is 25.9 Å². The molecular formula is C35H41ClF3N9O6. The van der Waals surface area contributed by atoms with Crippen molar-refractivity contribution < 1.29 is 42.2 Å². The Morgan fingerprint density at radius 3 is 2.22 bits per heavy atom. The number of benzene rings is 2. The number of ether oxygens (including phenoxy) is 1. The molecule has 0 spiro atoms. The van der Waals surface area contributed by atoms with Gasteiger partial charge < -0.3 is 25.8 Å². The standard InChI is InChI=1S/C33H40ClN9O4.C2HF3O2/c1-33(2,3)47-32(46)37-17-22-4-8-24(9-5-22)30(44)43(27-14-10-23(11-15-27)29-38-40-41-39-29)31(45)28(35)16-21-6-12-26(13-7-21)42-19-25(34)18-36-20-42;3-2(4,5)1(6)7/h6-7,10-15,18-19,22,24,28H,4-5,8-9,16-17,20,35H2,1-3H3,(H,37,46)(H,38,39,40,41);(H,6,7)/t22-,24-,28-;/m0./s1. The number of aromatic nitrogens is 4. The van der Waals surface area contributed by atoms with Gasteiger partial charge in [0.15, 0.2) is 0 Å². The van der Waals surface area contributed by atoms with Gasteiger partial charge in [-0.15, -0.1) is 10.2 Å². The van der Waals surface area contributed by atoms with Gasteiger partial charge in [-0.05, 0) is 106 Å². The Morgan fingerprint density at radius 1 is 1.06 bits per heavy atom. The third-order valence-electron chi connectivity index (χ3n) is 8.31. The molecule has 1 aliphatic heterocycles. The zero-order chi connectivity index (χ0) is 39.6. The molecule has 290 valence electrons. The van der Waals surface area contributed by atoms with Crippen LogP contribution in [0, 0.1) is 11.8 Å². The summed E-state index contributed by atoms with van der Waals surface area (Å²) in [6, 6.07) is 13.5. The first-order valence-corrected chi connectivity index (χ1v) is 17.3. The minimum Gasteiger partial charge on any atom is -0.475 e. The van der Waals surface area contributed by atoms with Crippen LogP contribution in [0.25, 0.3) is 11.4 Å². The molecule has 19 heteroatoms. The number of aliphatic carboxylic acids is 1. The molecule has 2 aromatic carbocycles. The smallest absolute Gasteiger partial charge is 0.475 e. The maximum absolute atomic E-state index is 14.1. The fraction of sp³-hybridized carbons (Fsp3) is 0.429. The van der Waals surface area contributed by atoms with Gasteiger partial charge in [-0.2, -0.15) is 18.4 Å². The fourth-order valence-electron chi connectivity index (χ4n) is 5.67. The highest BCUT2D eigenvalue weighted by atomic mass is 35.5. The normalized spacial score (nSPS) is 17.7. The number of alkyl halides is 3. The summed E-state index contributed by atoms with van der Waals surface area (Å²) in [4.78, 5) is 56.4. The zero-order valence-electron chi connectivity index (χ0n) is 29.7. The summed E-state index contributed by atoms with van der Waals surface area (Å²) in [6.45, 7) is 6.37. The lowest BCUT2D eigenvalue weighted by Crippen LogP contribution is -2.50. The molecule has 0 saturated heterocycles. The van der Waals surface area contributed by atoms with Crippen molar-refractivity contribution >= 4 is 53.1 Å². The molecule has 3 aromatic rings. The van der Waals surface area contributed by atoms with E-state index in [1.807, 2.05) is 49.9 Å². The number of carboxylic acid groups (broad SMARTS) is 1. The lowest BCUT2D eigenvalue weighted by molar-refractivity contribution is -0.192. The van der Waals surface area contributed by atoms with Crippen LogP contribution in [0.5, 0.6) is 0 Å². The largest absolute Gasteiger partial charge is 0.490 e. The molecule has 1 atom stereocenters. The van der Waals surface area contributed by atoms with Gasteiger partial charge in [0.25, 0.3) is 5.91 Å². The first-order chi connectivity index (χ1) is 25.4. The Bertz CT molecular complexity index is 1810. The molecule has 54 heavy (non-hydrogen) atoms. The van der Waals surface area contributed by atoms with Crippen LogP contribution in [0.2, 0.25) is 0 Å². The van der Waals surface area contributed by atoms with Gasteiger partial charge in [-0.1, -0.05) is 23.7 Å². The molecule has 5 N–H and O–H groups in total. The maximum atomic E-state index is 14.1. The lowest BCUT2D eigenvalue weighted by Gasteiger charge is -2.32. The average Bonchev–Trinajstić information content (AvgIpc) is 3.66. The van der Waals surface area contributed by atoms with Crippen LogP contribution in [0.15, 0.2) is 64.8 Å². The molecule has 2 heterocycles. The van der Waals surface area contributed by atoms with E-state index < -0.39 is 35.8 Å². The maximum Gasteiger partial charge on any atom is 0.490 e. The minimum atomic E-state index is -5.08. The van der Waals surface area contributed by atoms with E-state index in [-0.39, 0.29) is 24.2 Å². The number of nitrogens with one attached hydrogen (secondary N) is 2. The van der Waals surface area contributed by atoms with Gasteiger partial charge in [0, 0.05) is 36.1 Å². The van der Waals surface area contributed by atoms with E-state index in [2.05, 4.69) is 30.9 Å². The molecule has 1 aliphatic carbocycles. The van der Waals surface area contributed by atoms with E-state index in [4.69, 9.17) is 32.0 Å². The Morgan fingerprint density at radius 2 is 1.69 bits per heavy atom. The second-order valence-electron chi connectivity index (χ2n) is 13.6. The number of H-pyrrole nitrogens is 1. The number of aliphatic imine (C=N–C) groups is 1. The summed E-state index contributed by atoms with van der Waals surface area (Å²) in [5.41, 5.74) is 8.78. The van der Waals surface area contributed by atoms with E-state index in [9.17, 15) is 27.6 Å². The number of carboxylic acids is 1. The predicted molar refractivity (Wildman–Crippen MR) is 193 cm³/mol. The molecule has 3 amide bonds. The van der Waals surface area contributed by atoms with Gasteiger partial charge in [-0.3, -0.25) is 14.6 Å². The molecule has 0 bridgehead atoms. The van der Waals surface area contributed by atoms with Crippen molar-refractivity contribution in [3.05, 3.63) is 65.3 Å². The minimum absolute atomic E-state index is 0.207. The molecule has 5 rings (SSSR count). The number of nitrogens with zero attached hydrogens (tertiary/aromatic N) is 6. The summed E-state index contributed by atoms with van der Waals surface area (Å²) < 4.78 is 37.1. The number of rotatable bonds is 9. The van der Waals surface area contributed by atoms with Crippen molar-refractivity contribution in [2.75, 3.05) is 23.0 Å². The van der Waals surface area contributed by atoms with Crippen molar-refractivity contribution in [3.63, 3.8) is 0 Å². The van der Waals surface area contributed by atoms with Crippen LogP contribution in [0.1, 0.15) is 52.0 Å². The molecule has 1 fully saturated rings. The summed E-state index contributed by atoms with van der Waals surface area (Å²) >= 11 is 6.10. The van der Waals surface area contributed by atoms with E-state index in [1.54, 1.807) is 36.7 Å². The Balaban J connectivity index is 0.000000845. The average molecular weight is 776 g/mol. The van der Waals surface area contributed by atoms with Gasteiger partial charge in [0.05, 0.1) is 16.8 Å². The number of halogens is 4. The number of nitrogens with two attached hydrogens (primary N) is 1. The molecule has 15 nitrogen and oxygen atoms in total. The first kappa shape index (κ1) is 41.4. The van der Waals surface area contributed by atoms with E-state index >= 15 is 0 Å². The number of aromatic amines is 1. The lowest BCUT2D eigenvalue weighted by atomic mass is 9.81. The highest BCUT2D eigenvalue weighted by Gasteiger charge is 2.38. The number of tetrazole rings is 1. The second kappa shape index (κ2) is 18.1. The number of alkyl carbamates (subject to hydrolysis) is 1. The number of imide groups is 1. The van der Waals surface area contributed by atoms with Gasteiger partial charge >= 0.3 is 18.2 Å².